The molecule has 0 bridgehead atoms. The molecule has 9 heteroatoms. The first-order chi connectivity index (χ1) is 12.9. The molecule has 27 heavy (non-hydrogen) atoms. The molecule has 2 aromatic carbocycles. The number of carbonyl (C=O) groups excluding carboxylic acids is 1. The fourth-order valence-corrected chi connectivity index (χ4v) is 3.34. The van der Waals surface area contributed by atoms with Crippen LogP contribution in [0.3, 0.4) is 0 Å². The van der Waals surface area contributed by atoms with E-state index in [1.807, 2.05) is 35.1 Å². The first kappa shape index (κ1) is 18.7. The van der Waals surface area contributed by atoms with Crippen LogP contribution < -0.4 is 4.72 Å². The predicted molar refractivity (Wildman–Crippen MR) is 94.4 cm³/mol. The third-order valence-electron chi connectivity index (χ3n) is 3.65. The van der Waals surface area contributed by atoms with Crippen LogP contribution in [-0.2, 0) is 21.2 Å². The van der Waals surface area contributed by atoms with Crippen molar-refractivity contribution in [3.8, 4) is 11.5 Å². The average Bonchev–Trinajstić information content (AvgIpc) is 3.11. The molecule has 0 spiro atoms. The van der Waals surface area contributed by atoms with E-state index in [0.717, 1.165) is 29.8 Å². The summed E-state index contributed by atoms with van der Waals surface area (Å²) in [6.07, 6.45) is 0.633. The molecule has 1 aromatic heterocycles. The fraction of sp³-hybridized carbons (Fsp3) is 0.167. The van der Waals surface area contributed by atoms with Crippen LogP contribution in [-0.4, -0.2) is 24.5 Å². The molecule has 0 radical (unpaired) electrons. The van der Waals surface area contributed by atoms with E-state index in [1.165, 1.54) is 0 Å². The zero-order chi connectivity index (χ0) is 19.3. The molecule has 1 amide bonds. The highest BCUT2D eigenvalue weighted by Crippen LogP contribution is 2.17. The highest BCUT2D eigenvalue weighted by molar-refractivity contribution is 7.90. The van der Waals surface area contributed by atoms with E-state index in [4.69, 9.17) is 4.42 Å². The third-order valence-corrected chi connectivity index (χ3v) is 5.04. The first-order valence-corrected chi connectivity index (χ1v) is 9.61. The molecule has 0 fully saturated rings. The van der Waals surface area contributed by atoms with Crippen molar-refractivity contribution in [3.63, 3.8) is 0 Å². The van der Waals surface area contributed by atoms with Crippen LogP contribution in [0.1, 0.15) is 18.7 Å². The Kier molecular flexibility index (Phi) is 5.60. The lowest BCUT2D eigenvalue weighted by atomic mass is 10.2. The summed E-state index contributed by atoms with van der Waals surface area (Å²) >= 11 is 0. The first-order valence-electron chi connectivity index (χ1n) is 8.13. The Balaban J connectivity index is 1.51. The minimum Gasteiger partial charge on any atom is -0.421 e. The summed E-state index contributed by atoms with van der Waals surface area (Å²) in [5.74, 6) is -0.478. The summed E-state index contributed by atoms with van der Waals surface area (Å²) in [7, 11) is -4.02. The van der Waals surface area contributed by atoms with E-state index >= 15 is 0 Å². The summed E-state index contributed by atoms with van der Waals surface area (Å²) in [5.41, 5.74) is 0.791. The molecule has 3 aromatic rings. The van der Waals surface area contributed by atoms with Crippen LogP contribution in [0.4, 0.5) is 4.39 Å². The van der Waals surface area contributed by atoms with Crippen LogP contribution >= 0.6 is 0 Å². The average molecular weight is 389 g/mol. The highest BCUT2D eigenvalue weighted by atomic mass is 32.2. The Labute approximate surface area is 155 Å². The second-order valence-corrected chi connectivity index (χ2v) is 7.39. The van der Waals surface area contributed by atoms with Gasteiger partial charge in [0.1, 0.15) is 5.82 Å². The maximum Gasteiger partial charge on any atom is 0.264 e. The number of benzene rings is 2. The van der Waals surface area contributed by atoms with Crippen LogP contribution in [0, 0.1) is 5.82 Å². The topological polar surface area (TPSA) is 102 Å². The number of carbonyl (C=O) groups is 1. The number of rotatable bonds is 7. The van der Waals surface area contributed by atoms with E-state index in [9.17, 15) is 17.6 Å². The molecule has 0 aliphatic heterocycles. The van der Waals surface area contributed by atoms with Gasteiger partial charge in [-0.3, -0.25) is 4.79 Å². The summed E-state index contributed by atoms with van der Waals surface area (Å²) < 4.78 is 44.5. The lowest BCUT2D eigenvalue weighted by molar-refractivity contribution is -0.119. The number of nitrogens with one attached hydrogen (secondary N) is 1. The SMILES string of the molecule is O=C(CCCc1nnc(-c2ccccc2)o1)NS(=O)(=O)c1ccc(F)cc1. The van der Waals surface area contributed by atoms with Gasteiger partial charge in [-0.2, -0.15) is 0 Å². The molecule has 3 rings (SSSR count). The van der Waals surface area contributed by atoms with Gasteiger partial charge in [-0.15, -0.1) is 10.2 Å². The van der Waals surface area contributed by atoms with Gasteiger partial charge in [0.05, 0.1) is 4.90 Å². The Bertz CT molecular complexity index is 1020. The molecule has 0 atom stereocenters. The molecule has 7 nitrogen and oxygen atoms in total. The number of halogens is 1. The lowest BCUT2D eigenvalue weighted by Gasteiger charge is -2.06. The van der Waals surface area contributed by atoms with Gasteiger partial charge in [-0.05, 0) is 42.8 Å². The number of aromatic nitrogens is 2. The van der Waals surface area contributed by atoms with Crippen LogP contribution in [0.15, 0.2) is 63.9 Å². The number of nitrogens with zero attached hydrogens (tertiary/aromatic N) is 2. The monoisotopic (exact) mass is 389 g/mol. The maximum absolute atomic E-state index is 12.9. The van der Waals surface area contributed by atoms with Crippen LogP contribution in [0.25, 0.3) is 11.5 Å². The largest absolute Gasteiger partial charge is 0.421 e. The summed E-state index contributed by atoms with van der Waals surface area (Å²) in [6, 6.07) is 13.5. The molecule has 0 unspecified atom stereocenters. The zero-order valence-electron chi connectivity index (χ0n) is 14.1. The van der Waals surface area contributed by atoms with Gasteiger partial charge in [0.25, 0.3) is 10.0 Å². The minimum atomic E-state index is -4.02. The van der Waals surface area contributed by atoms with E-state index < -0.39 is 21.7 Å². The number of aryl methyl sites for hydroxylation is 1. The second-order valence-electron chi connectivity index (χ2n) is 5.70. The van der Waals surface area contributed by atoms with Crippen molar-refractivity contribution >= 4 is 15.9 Å². The summed E-state index contributed by atoms with van der Waals surface area (Å²) in [4.78, 5) is 11.7. The molecule has 0 saturated heterocycles. The predicted octanol–water partition coefficient (Wildman–Crippen LogP) is 2.70. The standard InChI is InChI=1S/C18H16FN3O4S/c19-14-9-11-15(12-10-14)27(24,25)22-16(23)7-4-8-17-20-21-18(26-17)13-5-2-1-3-6-13/h1-3,5-6,9-12H,4,7-8H2,(H,22,23). The van der Waals surface area contributed by atoms with E-state index in [0.29, 0.717) is 24.6 Å². The minimum absolute atomic E-state index is 0.0382. The van der Waals surface area contributed by atoms with Gasteiger partial charge in [-0.25, -0.2) is 17.5 Å². The maximum atomic E-state index is 12.9. The zero-order valence-corrected chi connectivity index (χ0v) is 14.9. The molecule has 140 valence electrons. The number of amides is 1. The highest BCUT2D eigenvalue weighted by Gasteiger charge is 2.17. The van der Waals surface area contributed by atoms with Gasteiger partial charge in [0.2, 0.25) is 17.7 Å². The van der Waals surface area contributed by atoms with Crippen molar-refractivity contribution in [2.45, 2.75) is 24.2 Å². The molecular weight excluding hydrogens is 373 g/mol. The second kappa shape index (κ2) is 8.09. The fourth-order valence-electron chi connectivity index (χ4n) is 2.33. The van der Waals surface area contributed by atoms with Gasteiger partial charge in [-0.1, -0.05) is 18.2 Å². The van der Waals surface area contributed by atoms with E-state index in [2.05, 4.69) is 10.2 Å². The normalized spacial score (nSPS) is 11.3. The van der Waals surface area contributed by atoms with Crippen molar-refractivity contribution in [2.24, 2.45) is 0 Å². The van der Waals surface area contributed by atoms with Gasteiger partial charge < -0.3 is 4.42 Å². The summed E-state index contributed by atoms with van der Waals surface area (Å²) in [6.45, 7) is 0. The number of sulfonamides is 1. The van der Waals surface area contributed by atoms with Crippen LogP contribution in [0.5, 0.6) is 0 Å². The van der Waals surface area contributed by atoms with Crippen LogP contribution in [0.2, 0.25) is 0 Å². The lowest BCUT2D eigenvalue weighted by Crippen LogP contribution is -2.30. The van der Waals surface area contributed by atoms with Crippen molar-refractivity contribution in [2.75, 3.05) is 0 Å². The quantitative estimate of drug-likeness (QED) is 0.667. The van der Waals surface area contributed by atoms with Crippen molar-refractivity contribution in [1.29, 1.82) is 0 Å². The number of hydrogen-bond acceptors (Lipinski definition) is 6. The molecule has 1 heterocycles. The van der Waals surface area contributed by atoms with Crippen molar-refractivity contribution in [1.82, 2.24) is 14.9 Å². The van der Waals surface area contributed by atoms with Gasteiger partial charge in [0.15, 0.2) is 0 Å². The Morgan fingerprint density at radius 3 is 2.44 bits per heavy atom. The Morgan fingerprint density at radius 1 is 1.04 bits per heavy atom. The molecule has 0 aliphatic carbocycles. The number of hydrogen-bond donors (Lipinski definition) is 1. The van der Waals surface area contributed by atoms with Crippen molar-refractivity contribution in [3.05, 3.63) is 66.3 Å². The van der Waals surface area contributed by atoms with E-state index in [-0.39, 0.29) is 11.3 Å². The molecule has 0 aliphatic rings. The Hall–Kier alpha value is -3.07. The smallest absolute Gasteiger partial charge is 0.264 e. The molecular formula is C18H16FN3O4S. The van der Waals surface area contributed by atoms with Gasteiger partial charge in [0, 0.05) is 18.4 Å². The molecule has 1 N–H and O–H groups in total. The van der Waals surface area contributed by atoms with E-state index in [1.54, 1.807) is 0 Å². The summed E-state index contributed by atoms with van der Waals surface area (Å²) in [5, 5.41) is 7.86. The Morgan fingerprint density at radius 2 is 1.74 bits per heavy atom. The third kappa shape index (κ3) is 4.98. The molecule has 0 saturated carbocycles. The van der Waals surface area contributed by atoms with Crippen molar-refractivity contribution < 1.29 is 22.0 Å². The van der Waals surface area contributed by atoms with Gasteiger partial charge >= 0.3 is 0 Å².